The first kappa shape index (κ1) is 20.8. The molecule has 3 rings (SSSR count). The van der Waals surface area contributed by atoms with Gasteiger partial charge in [-0.3, -0.25) is 9.69 Å². The lowest BCUT2D eigenvalue weighted by Gasteiger charge is -2.34. The molecule has 0 radical (unpaired) electrons. The van der Waals surface area contributed by atoms with Crippen LogP contribution in [0.15, 0.2) is 4.79 Å². The number of amides is 1. The number of rotatable bonds is 2. The summed E-state index contributed by atoms with van der Waals surface area (Å²) in [6.45, 7) is 14.8. The Morgan fingerprint density at radius 2 is 1.93 bits per heavy atom. The van der Waals surface area contributed by atoms with Gasteiger partial charge < -0.3 is 14.6 Å². The molecule has 1 saturated heterocycles. The molecule has 1 aromatic heterocycles. The highest BCUT2D eigenvalue weighted by Gasteiger charge is 2.34. The minimum atomic E-state index is -0.484. The van der Waals surface area contributed by atoms with Crippen molar-refractivity contribution >= 4 is 6.09 Å². The van der Waals surface area contributed by atoms with E-state index in [1.165, 1.54) is 0 Å². The van der Waals surface area contributed by atoms with Crippen LogP contribution >= 0.6 is 0 Å². The zero-order valence-electron chi connectivity index (χ0n) is 18.1. The van der Waals surface area contributed by atoms with Crippen molar-refractivity contribution in [3.8, 4) is 0 Å². The molecule has 0 aliphatic carbocycles. The van der Waals surface area contributed by atoms with Crippen LogP contribution in [0.5, 0.6) is 0 Å². The lowest BCUT2D eigenvalue weighted by atomic mass is 9.95. The molecule has 1 fully saturated rings. The summed E-state index contributed by atoms with van der Waals surface area (Å²) >= 11 is 0. The molecule has 0 spiro atoms. The van der Waals surface area contributed by atoms with Crippen molar-refractivity contribution in [3.63, 3.8) is 0 Å². The summed E-state index contributed by atoms with van der Waals surface area (Å²) in [7, 11) is 0. The van der Waals surface area contributed by atoms with Crippen LogP contribution < -0.4 is 5.56 Å². The number of aromatic nitrogens is 2. The minimum Gasteiger partial charge on any atom is -0.444 e. The Morgan fingerprint density at radius 3 is 2.57 bits per heavy atom. The number of carbonyl (C=O) groups is 1. The van der Waals surface area contributed by atoms with E-state index in [4.69, 9.17) is 9.72 Å². The number of likely N-dealkylation sites (tertiary alicyclic amines) is 1. The Balaban J connectivity index is 1.71. The molecule has 156 valence electrons. The van der Waals surface area contributed by atoms with Gasteiger partial charge in [-0.25, -0.2) is 9.78 Å². The summed E-state index contributed by atoms with van der Waals surface area (Å²) in [6, 6.07) is 0.153. The zero-order valence-corrected chi connectivity index (χ0v) is 18.1. The van der Waals surface area contributed by atoms with Crippen LogP contribution in [-0.4, -0.2) is 57.1 Å². The first-order chi connectivity index (χ1) is 12.9. The van der Waals surface area contributed by atoms with Crippen molar-refractivity contribution in [2.45, 2.75) is 84.4 Å². The van der Waals surface area contributed by atoms with Crippen molar-refractivity contribution in [2.24, 2.45) is 0 Å². The smallest absolute Gasteiger partial charge is 0.410 e. The quantitative estimate of drug-likeness (QED) is 0.840. The number of nitrogens with zero attached hydrogens (tertiary/aromatic N) is 3. The summed E-state index contributed by atoms with van der Waals surface area (Å²) < 4.78 is 5.58. The average Bonchev–Trinajstić information content (AvgIpc) is 3.00. The number of hydrogen-bond acceptors (Lipinski definition) is 5. The van der Waals surface area contributed by atoms with Gasteiger partial charge in [0.05, 0.1) is 5.69 Å². The second-order valence-corrected chi connectivity index (χ2v) is 10.0. The molecule has 2 aliphatic rings. The molecule has 28 heavy (non-hydrogen) atoms. The number of nitrogens with one attached hydrogen (secondary N) is 1. The lowest BCUT2D eigenvalue weighted by Crippen LogP contribution is -2.47. The van der Waals surface area contributed by atoms with E-state index in [-0.39, 0.29) is 23.1 Å². The molecule has 1 unspecified atom stereocenters. The Labute approximate surface area is 167 Å². The Morgan fingerprint density at radius 1 is 1.21 bits per heavy atom. The Kier molecular flexibility index (Phi) is 5.58. The summed E-state index contributed by atoms with van der Waals surface area (Å²) in [5.41, 5.74) is 0.991. The Hall–Kier alpha value is -1.89. The number of fused-ring (bicyclic) bond motifs is 1. The molecule has 7 nitrogen and oxygen atoms in total. The third-order valence-corrected chi connectivity index (χ3v) is 5.34. The largest absolute Gasteiger partial charge is 0.444 e. The zero-order chi connectivity index (χ0) is 20.7. The van der Waals surface area contributed by atoms with Crippen LogP contribution in [0.25, 0.3) is 0 Å². The number of ether oxygens (including phenoxy) is 1. The van der Waals surface area contributed by atoms with E-state index >= 15 is 0 Å². The molecular formula is C21H34N4O3. The van der Waals surface area contributed by atoms with Gasteiger partial charge in [0.1, 0.15) is 11.4 Å². The summed E-state index contributed by atoms with van der Waals surface area (Å²) in [6.07, 6.45) is 2.46. The highest BCUT2D eigenvalue weighted by atomic mass is 16.6. The maximum atomic E-state index is 12.5. The molecule has 1 N–H and O–H groups in total. The predicted octanol–water partition coefficient (Wildman–Crippen LogP) is 2.83. The molecular weight excluding hydrogens is 356 g/mol. The van der Waals surface area contributed by atoms with Crippen LogP contribution in [0.3, 0.4) is 0 Å². The number of H-pyrrole nitrogens is 1. The fraction of sp³-hybridized carbons (Fsp3) is 0.762. The van der Waals surface area contributed by atoms with Crippen molar-refractivity contribution in [1.29, 1.82) is 0 Å². The summed E-state index contributed by atoms with van der Waals surface area (Å²) in [4.78, 5) is 36.9. The van der Waals surface area contributed by atoms with Crippen LogP contribution in [0, 0.1) is 0 Å². The molecule has 1 amide bonds. The van der Waals surface area contributed by atoms with Gasteiger partial charge in [-0.1, -0.05) is 20.8 Å². The highest BCUT2D eigenvalue weighted by Crippen LogP contribution is 2.24. The Bertz CT molecular complexity index is 788. The fourth-order valence-corrected chi connectivity index (χ4v) is 3.89. The molecule has 2 aliphatic heterocycles. The van der Waals surface area contributed by atoms with E-state index < -0.39 is 5.60 Å². The first-order valence-electron chi connectivity index (χ1n) is 10.3. The second-order valence-electron chi connectivity index (χ2n) is 10.0. The standard InChI is InChI=1S/C21H34N4O3/c1-20(2,3)18-22-16-13-24(11-9-15(16)17(26)23-18)12-14-8-7-10-25(14)19(27)28-21(4,5)6/h14H,7-13H2,1-6H3,(H,22,23,26). The maximum Gasteiger partial charge on any atom is 0.410 e. The lowest BCUT2D eigenvalue weighted by molar-refractivity contribution is 0.0191. The molecule has 0 saturated carbocycles. The molecule has 1 aromatic rings. The summed E-state index contributed by atoms with van der Waals surface area (Å²) in [5, 5.41) is 0. The van der Waals surface area contributed by atoms with E-state index in [0.29, 0.717) is 13.0 Å². The van der Waals surface area contributed by atoms with Gasteiger partial charge >= 0.3 is 6.09 Å². The number of hydrogen-bond donors (Lipinski definition) is 1. The molecule has 1 atom stereocenters. The van der Waals surface area contributed by atoms with Crippen LogP contribution in [0.1, 0.15) is 71.5 Å². The van der Waals surface area contributed by atoms with E-state index in [1.807, 2.05) is 25.7 Å². The second kappa shape index (κ2) is 7.50. The third kappa shape index (κ3) is 4.74. The molecule has 0 aromatic carbocycles. The van der Waals surface area contributed by atoms with Crippen LogP contribution in [0.2, 0.25) is 0 Å². The van der Waals surface area contributed by atoms with Gasteiger partial charge in [-0.05, 0) is 40.0 Å². The van der Waals surface area contributed by atoms with E-state index in [2.05, 4.69) is 30.7 Å². The topological polar surface area (TPSA) is 78.5 Å². The SMILES string of the molecule is CC(C)(C)OC(=O)N1CCCC1CN1CCc2c(nc(C(C)(C)C)[nH]c2=O)C1. The van der Waals surface area contributed by atoms with Crippen molar-refractivity contribution in [2.75, 3.05) is 19.6 Å². The van der Waals surface area contributed by atoms with Crippen molar-refractivity contribution in [3.05, 3.63) is 27.4 Å². The normalized spacial score (nSPS) is 20.9. The van der Waals surface area contributed by atoms with Gasteiger partial charge in [0.25, 0.3) is 5.56 Å². The average molecular weight is 391 g/mol. The van der Waals surface area contributed by atoms with Gasteiger partial charge in [-0.15, -0.1) is 0 Å². The van der Waals surface area contributed by atoms with E-state index in [0.717, 1.165) is 49.6 Å². The van der Waals surface area contributed by atoms with Crippen molar-refractivity contribution in [1.82, 2.24) is 19.8 Å². The van der Waals surface area contributed by atoms with Gasteiger partial charge in [0.15, 0.2) is 0 Å². The third-order valence-electron chi connectivity index (χ3n) is 5.34. The van der Waals surface area contributed by atoms with E-state index in [1.54, 1.807) is 0 Å². The summed E-state index contributed by atoms with van der Waals surface area (Å²) in [5.74, 6) is 0.731. The van der Waals surface area contributed by atoms with Crippen LogP contribution in [-0.2, 0) is 23.1 Å². The first-order valence-corrected chi connectivity index (χ1v) is 10.3. The fourth-order valence-electron chi connectivity index (χ4n) is 3.89. The van der Waals surface area contributed by atoms with Crippen LogP contribution in [0.4, 0.5) is 4.79 Å². The van der Waals surface area contributed by atoms with Gasteiger partial charge in [0.2, 0.25) is 0 Å². The molecule has 3 heterocycles. The van der Waals surface area contributed by atoms with Gasteiger partial charge in [-0.2, -0.15) is 0 Å². The predicted molar refractivity (Wildman–Crippen MR) is 109 cm³/mol. The molecule has 7 heteroatoms. The highest BCUT2D eigenvalue weighted by molar-refractivity contribution is 5.69. The molecule has 0 bridgehead atoms. The van der Waals surface area contributed by atoms with E-state index in [9.17, 15) is 9.59 Å². The number of aromatic amines is 1. The van der Waals surface area contributed by atoms with Crippen molar-refractivity contribution < 1.29 is 9.53 Å². The maximum absolute atomic E-state index is 12.5. The van der Waals surface area contributed by atoms with Gasteiger partial charge in [0, 0.05) is 43.2 Å². The number of carbonyl (C=O) groups excluding carboxylic acids is 1. The minimum absolute atomic E-state index is 0.00850. The monoisotopic (exact) mass is 390 g/mol.